The number of pyridine rings is 2. The monoisotopic (exact) mass is 602 g/mol. The van der Waals surface area contributed by atoms with Crippen molar-refractivity contribution >= 4 is 50.4 Å². The molecule has 1 aliphatic carbocycles. The molecular formula is C28H27BrN8O3. The Bertz CT molecular complexity index is 1700. The van der Waals surface area contributed by atoms with Crippen LogP contribution in [-0.4, -0.2) is 64.3 Å². The first-order valence-electron chi connectivity index (χ1n) is 13.0. The van der Waals surface area contributed by atoms with Crippen molar-refractivity contribution in [3.05, 3.63) is 58.5 Å². The highest BCUT2D eigenvalue weighted by molar-refractivity contribution is 9.10. The molecule has 1 saturated heterocycles. The number of anilines is 1. The molecule has 4 aromatic rings. The molecular weight excluding hydrogens is 576 g/mol. The van der Waals surface area contributed by atoms with E-state index in [1.807, 2.05) is 25.1 Å². The maximum atomic E-state index is 13.8. The highest BCUT2D eigenvalue weighted by Gasteiger charge is 2.64. The number of Topliss-reactive ketones (excluding diaryl/α,β-unsaturated/α-hetero) is 1. The van der Waals surface area contributed by atoms with Gasteiger partial charge >= 0.3 is 0 Å². The van der Waals surface area contributed by atoms with Crippen LogP contribution < -0.4 is 5.32 Å². The average molecular weight is 603 g/mol. The molecule has 0 aromatic carbocycles. The molecule has 0 unspecified atom stereocenters. The van der Waals surface area contributed by atoms with Crippen LogP contribution in [-0.2, 0) is 16.1 Å². The van der Waals surface area contributed by atoms with Gasteiger partial charge in [-0.1, -0.05) is 13.0 Å². The second-order valence-electron chi connectivity index (χ2n) is 10.9. The maximum Gasteiger partial charge on any atom is 0.248 e. The molecule has 2 fully saturated rings. The van der Waals surface area contributed by atoms with Crippen molar-refractivity contribution in [3.8, 4) is 11.1 Å². The second kappa shape index (κ2) is 9.54. The Kier molecular flexibility index (Phi) is 6.25. The topological polar surface area (TPSA) is 136 Å². The molecule has 4 aromatic heterocycles. The van der Waals surface area contributed by atoms with Crippen LogP contribution >= 0.6 is 15.9 Å². The zero-order valence-corrected chi connectivity index (χ0v) is 24.1. The van der Waals surface area contributed by atoms with Crippen molar-refractivity contribution in [2.45, 2.75) is 59.2 Å². The molecule has 1 aliphatic heterocycles. The number of likely N-dealkylation sites (tertiary alicyclic amines) is 1. The SMILES string of the molecule is CC(=O)c1nn(CC(=O)N2[C@H](C(=O)Nc3nc(Br)ccc3C)C[C@@]3(C)C[C@@H]23)c2ncc(-c3cnc(C)nc3)cc12. The summed E-state index contributed by atoms with van der Waals surface area (Å²) in [7, 11) is 0. The number of ketones is 1. The molecule has 5 heterocycles. The Morgan fingerprint density at radius 2 is 1.80 bits per heavy atom. The van der Waals surface area contributed by atoms with Crippen LogP contribution in [0.25, 0.3) is 22.2 Å². The van der Waals surface area contributed by atoms with Crippen molar-refractivity contribution in [3.63, 3.8) is 0 Å². The third-order valence-electron chi connectivity index (χ3n) is 7.85. The van der Waals surface area contributed by atoms with Gasteiger partial charge in [0.2, 0.25) is 11.8 Å². The number of fused-ring (bicyclic) bond motifs is 2. The molecule has 2 aliphatic rings. The first kappa shape index (κ1) is 26.2. The van der Waals surface area contributed by atoms with Gasteiger partial charge < -0.3 is 10.2 Å². The van der Waals surface area contributed by atoms with E-state index in [2.05, 4.69) is 53.2 Å². The molecule has 0 spiro atoms. The van der Waals surface area contributed by atoms with Crippen molar-refractivity contribution in [2.24, 2.45) is 5.41 Å². The van der Waals surface area contributed by atoms with Crippen molar-refractivity contribution in [1.29, 1.82) is 0 Å². The predicted molar refractivity (Wildman–Crippen MR) is 150 cm³/mol. The number of amides is 2. The minimum atomic E-state index is -0.633. The summed E-state index contributed by atoms with van der Waals surface area (Å²) < 4.78 is 2.07. The fourth-order valence-corrected chi connectivity index (χ4v) is 5.84. The number of carbonyl (C=O) groups excluding carboxylic acids is 3. The second-order valence-corrected chi connectivity index (χ2v) is 11.7. The summed E-state index contributed by atoms with van der Waals surface area (Å²) >= 11 is 3.35. The third-order valence-corrected chi connectivity index (χ3v) is 8.29. The van der Waals surface area contributed by atoms with Crippen LogP contribution in [0.2, 0.25) is 0 Å². The number of aromatic nitrogens is 6. The first-order valence-corrected chi connectivity index (χ1v) is 13.7. The predicted octanol–water partition coefficient (Wildman–Crippen LogP) is 3.88. The van der Waals surface area contributed by atoms with E-state index in [1.165, 1.54) is 11.6 Å². The highest BCUT2D eigenvalue weighted by Crippen LogP contribution is 2.59. The van der Waals surface area contributed by atoms with E-state index in [0.29, 0.717) is 33.7 Å². The van der Waals surface area contributed by atoms with Gasteiger partial charge in [0.25, 0.3) is 0 Å². The third kappa shape index (κ3) is 4.55. The number of hydrogen-bond acceptors (Lipinski definition) is 8. The van der Waals surface area contributed by atoms with Gasteiger partial charge in [-0.05, 0) is 65.7 Å². The number of halogens is 1. The van der Waals surface area contributed by atoms with Gasteiger partial charge in [-0.2, -0.15) is 5.10 Å². The fourth-order valence-electron chi connectivity index (χ4n) is 5.53. The van der Waals surface area contributed by atoms with Crippen molar-refractivity contribution < 1.29 is 14.4 Å². The summed E-state index contributed by atoms with van der Waals surface area (Å²) in [4.78, 5) is 58.7. The average Bonchev–Trinajstić information content (AvgIpc) is 3.28. The quantitative estimate of drug-likeness (QED) is 0.259. The number of nitrogens with zero attached hydrogens (tertiary/aromatic N) is 7. The van der Waals surface area contributed by atoms with Gasteiger partial charge in [0.05, 0.1) is 5.39 Å². The Hall–Kier alpha value is -4.06. The molecule has 11 nitrogen and oxygen atoms in total. The summed E-state index contributed by atoms with van der Waals surface area (Å²) in [5.74, 6) is 0.356. The van der Waals surface area contributed by atoms with E-state index in [-0.39, 0.29) is 41.3 Å². The molecule has 1 saturated carbocycles. The van der Waals surface area contributed by atoms with Gasteiger partial charge in [0, 0.05) is 42.7 Å². The molecule has 204 valence electrons. The Labute approximate surface area is 238 Å². The molecule has 6 rings (SSSR count). The summed E-state index contributed by atoms with van der Waals surface area (Å²) in [6, 6.07) is 4.83. The smallest absolute Gasteiger partial charge is 0.248 e. The molecule has 12 heteroatoms. The van der Waals surface area contributed by atoms with Gasteiger partial charge in [-0.15, -0.1) is 0 Å². The van der Waals surface area contributed by atoms with E-state index in [0.717, 1.165) is 23.1 Å². The van der Waals surface area contributed by atoms with Crippen molar-refractivity contribution in [2.75, 3.05) is 5.32 Å². The lowest BCUT2D eigenvalue weighted by Gasteiger charge is -2.27. The van der Waals surface area contributed by atoms with Crippen LogP contribution in [0.15, 0.2) is 41.4 Å². The molecule has 1 N–H and O–H groups in total. The molecule has 0 radical (unpaired) electrons. The highest BCUT2D eigenvalue weighted by atomic mass is 79.9. The van der Waals surface area contributed by atoms with Gasteiger partial charge in [0.1, 0.15) is 34.5 Å². The van der Waals surface area contributed by atoms with Crippen LogP contribution in [0.5, 0.6) is 0 Å². The van der Waals surface area contributed by atoms with Crippen LogP contribution in [0, 0.1) is 19.3 Å². The zero-order valence-electron chi connectivity index (χ0n) is 22.5. The molecule has 40 heavy (non-hydrogen) atoms. The number of piperidine rings is 1. The largest absolute Gasteiger partial charge is 0.325 e. The zero-order chi connectivity index (χ0) is 28.3. The summed E-state index contributed by atoms with van der Waals surface area (Å²) in [6.45, 7) is 7.06. The fraction of sp³-hybridized carbons (Fsp3) is 0.357. The van der Waals surface area contributed by atoms with Crippen LogP contribution in [0.3, 0.4) is 0 Å². The molecule has 3 atom stereocenters. The van der Waals surface area contributed by atoms with Gasteiger partial charge in [0.15, 0.2) is 11.4 Å². The molecule has 2 amide bonds. The number of carbonyl (C=O) groups is 3. The number of hydrogen-bond donors (Lipinski definition) is 1. The Morgan fingerprint density at radius 1 is 1.07 bits per heavy atom. The number of nitrogens with one attached hydrogen (secondary N) is 1. The van der Waals surface area contributed by atoms with Gasteiger partial charge in [-0.3, -0.25) is 14.4 Å². The number of rotatable bonds is 6. The lowest BCUT2D eigenvalue weighted by molar-refractivity contribution is -0.138. The van der Waals surface area contributed by atoms with Gasteiger partial charge in [-0.25, -0.2) is 24.6 Å². The first-order chi connectivity index (χ1) is 19.0. The Balaban J connectivity index is 1.29. The Morgan fingerprint density at radius 3 is 2.52 bits per heavy atom. The van der Waals surface area contributed by atoms with E-state index in [1.54, 1.807) is 30.4 Å². The normalized spacial score (nSPS) is 21.4. The standard InChI is InChI=1S/C28H27BrN8O3/c1-14-5-6-22(29)33-25(14)34-27(40)20-8-28(4)9-21(28)37(20)23(39)13-36-26-19(24(35-36)15(2)38)7-17(10-32-26)18-11-30-16(3)31-12-18/h5-7,10-12,20-21H,8-9,13H2,1-4H3,(H,33,34,40)/t20-,21+,28-/m0/s1. The van der Waals surface area contributed by atoms with E-state index >= 15 is 0 Å². The van der Waals surface area contributed by atoms with E-state index in [4.69, 9.17) is 0 Å². The van der Waals surface area contributed by atoms with Crippen molar-refractivity contribution in [1.82, 2.24) is 34.6 Å². The van der Waals surface area contributed by atoms with Crippen LogP contribution in [0.4, 0.5) is 5.82 Å². The minimum absolute atomic E-state index is 0.0254. The summed E-state index contributed by atoms with van der Waals surface area (Å²) in [5, 5.41) is 7.93. The summed E-state index contributed by atoms with van der Waals surface area (Å²) in [5.41, 5.74) is 2.87. The van der Waals surface area contributed by atoms with E-state index < -0.39 is 6.04 Å². The number of aryl methyl sites for hydroxylation is 2. The van der Waals surface area contributed by atoms with E-state index in [9.17, 15) is 14.4 Å². The lowest BCUT2D eigenvalue weighted by Crippen LogP contribution is -2.47. The van der Waals surface area contributed by atoms with Crippen LogP contribution in [0.1, 0.15) is 48.6 Å². The summed E-state index contributed by atoms with van der Waals surface area (Å²) in [6.07, 6.45) is 6.46. The lowest BCUT2D eigenvalue weighted by atomic mass is 10.0. The maximum absolute atomic E-state index is 13.8. The molecule has 0 bridgehead atoms. The minimum Gasteiger partial charge on any atom is -0.325 e.